The molecule has 25 heavy (non-hydrogen) atoms. The molecule has 0 aliphatic heterocycles. The van der Waals surface area contributed by atoms with Crippen LogP contribution >= 0.6 is 0 Å². The Kier molecular flexibility index (Phi) is 4.84. The van der Waals surface area contributed by atoms with Gasteiger partial charge in [-0.1, -0.05) is 24.3 Å². The van der Waals surface area contributed by atoms with Gasteiger partial charge in [-0.05, 0) is 29.8 Å². The minimum Gasteiger partial charge on any atom is -0.397 e. The molecule has 0 saturated heterocycles. The maximum absolute atomic E-state index is 12.9. The van der Waals surface area contributed by atoms with Crippen molar-refractivity contribution < 1.29 is 9.18 Å². The Hall–Kier alpha value is -3.48. The number of nitrogens with one attached hydrogen (secondary N) is 2. The summed E-state index contributed by atoms with van der Waals surface area (Å²) in [5.41, 5.74) is 7.87. The van der Waals surface area contributed by atoms with Gasteiger partial charge < -0.3 is 16.4 Å². The lowest BCUT2D eigenvalue weighted by atomic mass is 10.2. The van der Waals surface area contributed by atoms with Crippen LogP contribution in [0.4, 0.5) is 21.6 Å². The normalized spacial score (nSPS) is 10.3. The fourth-order valence-electron chi connectivity index (χ4n) is 2.13. The molecule has 3 aromatic rings. The zero-order chi connectivity index (χ0) is 17.6. The van der Waals surface area contributed by atoms with Gasteiger partial charge in [0.05, 0.1) is 23.8 Å². The van der Waals surface area contributed by atoms with Crippen molar-refractivity contribution in [2.24, 2.45) is 0 Å². The number of carbonyl (C=O) groups excluding carboxylic acids is 1. The molecule has 0 bridgehead atoms. The number of aromatic nitrogens is 2. The molecule has 0 atom stereocenters. The van der Waals surface area contributed by atoms with Gasteiger partial charge in [0.15, 0.2) is 0 Å². The highest BCUT2D eigenvalue weighted by Crippen LogP contribution is 2.17. The predicted molar refractivity (Wildman–Crippen MR) is 94.6 cm³/mol. The second-order valence-corrected chi connectivity index (χ2v) is 5.31. The monoisotopic (exact) mass is 337 g/mol. The second kappa shape index (κ2) is 7.39. The molecule has 1 heterocycles. The lowest BCUT2D eigenvalue weighted by molar-refractivity contribution is 0.102. The van der Waals surface area contributed by atoms with E-state index in [4.69, 9.17) is 5.73 Å². The number of hydrogen-bond acceptors (Lipinski definition) is 5. The first-order chi connectivity index (χ1) is 12.1. The molecule has 2 aromatic carbocycles. The number of halogens is 1. The van der Waals surface area contributed by atoms with E-state index in [-0.39, 0.29) is 11.5 Å². The van der Waals surface area contributed by atoms with Gasteiger partial charge in [-0.25, -0.2) is 14.4 Å². The van der Waals surface area contributed by atoms with E-state index in [2.05, 4.69) is 20.6 Å². The van der Waals surface area contributed by atoms with Crippen molar-refractivity contribution in [3.05, 3.63) is 78.0 Å². The van der Waals surface area contributed by atoms with Crippen molar-refractivity contribution in [3.63, 3.8) is 0 Å². The average Bonchev–Trinajstić information content (AvgIpc) is 2.63. The Labute approximate surface area is 143 Å². The zero-order valence-corrected chi connectivity index (χ0v) is 13.2. The first kappa shape index (κ1) is 16.4. The number of carbonyl (C=O) groups is 1. The van der Waals surface area contributed by atoms with E-state index in [0.29, 0.717) is 23.7 Å². The van der Waals surface area contributed by atoms with Crippen LogP contribution < -0.4 is 16.4 Å². The summed E-state index contributed by atoms with van der Waals surface area (Å²) >= 11 is 0. The third-order valence-corrected chi connectivity index (χ3v) is 3.48. The number of rotatable bonds is 5. The lowest BCUT2D eigenvalue weighted by Gasteiger charge is -2.08. The van der Waals surface area contributed by atoms with Crippen molar-refractivity contribution in [2.45, 2.75) is 6.54 Å². The van der Waals surface area contributed by atoms with Gasteiger partial charge in [0.25, 0.3) is 5.91 Å². The number of nitrogens with zero attached hydrogens (tertiary/aromatic N) is 2. The van der Waals surface area contributed by atoms with Crippen LogP contribution in [0.5, 0.6) is 0 Å². The SMILES string of the molecule is Nc1ccccc1NC(=O)c1cnc(NCc2ccc(F)cc2)cn1. The van der Waals surface area contributed by atoms with E-state index >= 15 is 0 Å². The zero-order valence-electron chi connectivity index (χ0n) is 13.2. The van der Waals surface area contributed by atoms with E-state index in [1.807, 2.05) is 0 Å². The highest BCUT2D eigenvalue weighted by atomic mass is 19.1. The summed E-state index contributed by atoms with van der Waals surface area (Å²) in [6.07, 6.45) is 2.84. The van der Waals surface area contributed by atoms with E-state index in [9.17, 15) is 9.18 Å². The predicted octanol–water partition coefficient (Wildman–Crippen LogP) is 3.06. The molecule has 0 saturated carbocycles. The van der Waals surface area contributed by atoms with Crippen molar-refractivity contribution in [3.8, 4) is 0 Å². The van der Waals surface area contributed by atoms with Gasteiger partial charge in [0, 0.05) is 6.54 Å². The van der Waals surface area contributed by atoms with Gasteiger partial charge >= 0.3 is 0 Å². The topological polar surface area (TPSA) is 92.9 Å². The summed E-state index contributed by atoms with van der Waals surface area (Å²) in [5, 5.41) is 5.74. The molecule has 1 aromatic heterocycles. The van der Waals surface area contributed by atoms with Crippen molar-refractivity contribution in [2.75, 3.05) is 16.4 Å². The van der Waals surface area contributed by atoms with Gasteiger partial charge in [-0.3, -0.25) is 4.79 Å². The van der Waals surface area contributed by atoms with Crippen LogP contribution in [0.15, 0.2) is 60.9 Å². The van der Waals surface area contributed by atoms with Crippen LogP contribution in [0.2, 0.25) is 0 Å². The number of benzene rings is 2. The summed E-state index contributed by atoms with van der Waals surface area (Å²) in [6.45, 7) is 0.473. The lowest BCUT2D eigenvalue weighted by Crippen LogP contribution is -2.15. The highest BCUT2D eigenvalue weighted by Gasteiger charge is 2.10. The molecule has 126 valence electrons. The van der Waals surface area contributed by atoms with Gasteiger partial charge in [0.2, 0.25) is 0 Å². The molecule has 6 nitrogen and oxygen atoms in total. The Morgan fingerprint density at radius 3 is 2.48 bits per heavy atom. The van der Waals surface area contributed by atoms with Crippen LogP contribution in [0.1, 0.15) is 16.1 Å². The van der Waals surface area contributed by atoms with Crippen LogP contribution in [0.3, 0.4) is 0 Å². The molecule has 0 aliphatic rings. The molecular formula is C18H16FN5O. The van der Waals surface area contributed by atoms with Crippen LogP contribution in [-0.4, -0.2) is 15.9 Å². The maximum atomic E-state index is 12.9. The van der Waals surface area contributed by atoms with Crippen LogP contribution in [0, 0.1) is 5.82 Å². The quantitative estimate of drug-likeness (QED) is 0.622. The Morgan fingerprint density at radius 2 is 1.80 bits per heavy atom. The molecule has 0 fully saturated rings. The summed E-state index contributed by atoms with van der Waals surface area (Å²) in [6, 6.07) is 13.1. The largest absolute Gasteiger partial charge is 0.397 e. The average molecular weight is 337 g/mol. The molecule has 0 unspecified atom stereocenters. The van der Waals surface area contributed by atoms with Crippen LogP contribution in [0.25, 0.3) is 0 Å². The molecule has 7 heteroatoms. The van der Waals surface area contributed by atoms with E-state index < -0.39 is 5.91 Å². The van der Waals surface area contributed by atoms with E-state index in [0.717, 1.165) is 5.56 Å². The van der Waals surface area contributed by atoms with Gasteiger partial charge in [-0.2, -0.15) is 0 Å². The summed E-state index contributed by atoms with van der Waals surface area (Å²) < 4.78 is 12.9. The third kappa shape index (κ3) is 4.29. The third-order valence-electron chi connectivity index (χ3n) is 3.48. The maximum Gasteiger partial charge on any atom is 0.275 e. The molecular weight excluding hydrogens is 321 g/mol. The van der Waals surface area contributed by atoms with Crippen molar-refractivity contribution in [1.82, 2.24) is 9.97 Å². The molecule has 0 spiro atoms. The number of para-hydroxylation sites is 2. The molecule has 1 amide bonds. The van der Waals surface area contributed by atoms with Crippen molar-refractivity contribution >= 4 is 23.1 Å². The van der Waals surface area contributed by atoms with Gasteiger partial charge in [-0.15, -0.1) is 0 Å². The minimum absolute atomic E-state index is 0.176. The molecule has 0 radical (unpaired) electrons. The van der Waals surface area contributed by atoms with Crippen LogP contribution in [-0.2, 0) is 6.54 Å². The summed E-state index contributed by atoms with van der Waals surface area (Å²) in [5.74, 6) is -0.159. The Bertz CT molecular complexity index is 865. The number of nitrogens with two attached hydrogens (primary N) is 1. The second-order valence-electron chi connectivity index (χ2n) is 5.31. The molecule has 0 aliphatic carbocycles. The minimum atomic E-state index is -0.393. The van der Waals surface area contributed by atoms with Gasteiger partial charge in [0.1, 0.15) is 17.3 Å². The standard InChI is InChI=1S/C18H16FN5O/c19-13-7-5-12(6-8-13)9-22-17-11-21-16(10-23-17)18(25)24-15-4-2-1-3-14(15)20/h1-8,10-11H,9,20H2,(H,22,23)(H,24,25). The van der Waals surface area contributed by atoms with E-state index in [1.165, 1.54) is 24.5 Å². The smallest absolute Gasteiger partial charge is 0.275 e. The molecule has 4 N–H and O–H groups in total. The Balaban J connectivity index is 1.60. The fourth-order valence-corrected chi connectivity index (χ4v) is 2.13. The number of amides is 1. The fraction of sp³-hybridized carbons (Fsp3) is 0.0556. The first-order valence-electron chi connectivity index (χ1n) is 7.58. The number of anilines is 3. The summed E-state index contributed by atoms with van der Waals surface area (Å²) in [7, 11) is 0. The number of nitrogen functional groups attached to an aromatic ring is 1. The van der Waals surface area contributed by atoms with Crippen molar-refractivity contribution in [1.29, 1.82) is 0 Å². The summed E-state index contributed by atoms with van der Waals surface area (Å²) in [4.78, 5) is 20.4. The number of hydrogen-bond donors (Lipinski definition) is 3. The molecule has 3 rings (SSSR count). The first-order valence-corrected chi connectivity index (χ1v) is 7.58. The Morgan fingerprint density at radius 1 is 1.04 bits per heavy atom. The van der Waals surface area contributed by atoms with E-state index in [1.54, 1.807) is 36.4 Å². The highest BCUT2D eigenvalue weighted by molar-refractivity contribution is 6.04.